The second kappa shape index (κ2) is 6.33. The van der Waals surface area contributed by atoms with Crippen molar-refractivity contribution >= 4 is 26.7 Å². The first-order valence-corrected chi connectivity index (χ1v) is 8.25. The highest BCUT2D eigenvalue weighted by Gasteiger charge is 2.06. The summed E-state index contributed by atoms with van der Waals surface area (Å²) in [5.74, 6) is -0.229. The first-order valence-electron chi connectivity index (χ1n) is 7.43. The van der Waals surface area contributed by atoms with Crippen molar-refractivity contribution in [3.8, 4) is 11.3 Å². The number of nitrogens with zero attached hydrogens (tertiary/aromatic N) is 3. The molecule has 0 aliphatic carbocycles. The first-order chi connectivity index (χ1) is 11.8. The van der Waals surface area contributed by atoms with Gasteiger partial charge in [0, 0.05) is 18.3 Å². The lowest BCUT2D eigenvalue weighted by Gasteiger charge is -2.02. The summed E-state index contributed by atoms with van der Waals surface area (Å²) in [6.45, 7) is 0.538. The number of halogens is 1. The summed E-state index contributed by atoms with van der Waals surface area (Å²) in [5, 5.41) is 4.07. The van der Waals surface area contributed by atoms with Crippen LogP contribution in [-0.4, -0.2) is 15.0 Å². The molecule has 2 aromatic carbocycles. The van der Waals surface area contributed by atoms with Crippen LogP contribution in [0.2, 0.25) is 0 Å². The minimum Gasteiger partial charge on any atom is -0.357 e. The zero-order chi connectivity index (χ0) is 16.4. The van der Waals surface area contributed by atoms with Crippen molar-refractivity contribution in [2.24, 2.45) is 0 Å². The van der Waals surface area contributed by atoms with Gasteiger partial charge in [0.1, 0.15) is 12.1 Å². The van der Waals surface area contributed by atoms with Crippen molar-refractivity contribution in [1.82, 2.24) is 15.0 Å². The van der Waals surface area contributed by atoms with E-state index in [1.807, 2.05) is 24.3 Å². The molecular formula is C18H13FN4S. The normalized spacial score (nSPS) is 10.9. The predicted molar refractivity (Wildman–Crippen MR) is 94.4 cm³/mol. The third kappa shape index (κ3) is 3.09. The molecule has 0 saturated heterocycles. The summed E-state index contributed by atoms with van der Waals surface area (Å²) in [4.78, 5) is 12.8. The summed E-state index contributed by atoms with van der Waals surface area (Å²) in [5.41, 5.74) is 3.73. The van der Waals surface area contributed by atoms with E-state index in [1.54, 1.807) is 23.6 Å². The van der Waals surface area contributed by atoms with Gasteiger partial charge in [-0.2, -0.15) is 0 Å². The number of nitrogens with one attached hydrogen (secondary N) is 1. The van der Waals surface area contributed by atoms with Crippen LogP contribution in [0.1, 0.15) is 5.56 Å². The van der Waals surface area contributed by atoms with Crippen LogP contribution in [0.3, 0.4) is 0 Å². The average molecular weight is 336 g/mol. The molecule has 0 aliphatic heterocycles. The molecule has 2 aromatic heterocycles. The number of fused-ring (bicyclic) bond motifs is 1. The Morgan fingerprint density at radius 1 is 1.08 bits per heavy atom. The van der Waals surface area contributed by atoms with E-state index >= 15 is 0 Å². The molecule has 0 radical (unpaired) electrons. The first kappa shape index (κ1) is 14.7. The maximum atomic E-state index is 13.2. The molecule has 0 bridgehead atoms. The van der Waals surface area contributed by atoms with Crippen LogP contribution >= 0.6 is 11.3 Å². The Balaban J connectivity index is 1.57. The van der Waals surface area contributed by atoms with E-state index in [9.17, 15) is 4.39 Å². The van der Waals surface area contributed by atoms with Crippen molar-refractivity contribution in [1.29, 1.82) is 0 Å². The molecule has 2 heterocycles. The maximum Gasteiger partial charge on any atom is 0.184 e. The number of anilines is 1. The minimum absolute atomic E-state index is 0.229. The standard InChI is InChI=1S/C18H13FN4S/c19-14-3-1-2-12(8-14)10-21-18-23-16-5-4-13(9-17(16)24-18)15-6-7-20-11-22-15/h1-9,11H,10H2,(H,21,23). The fourth-order valence-electron chi connectivity index (χ4n) is 2.45. The number of thiazole rings is 1. The van der Waals surface area contributed by atoms with E-state index in [0.29, 0.717) is 6.54 Å². The van der Waals surface area contributed by atoms with Gasteiger partial charge < -0.3 is 5.32 Å². The van der Waals surface area contributed by atoms with Crippen molar-refractivity contribution in [3.05, 3.63) is 72.4 Å². The molecule has 4 rings (SSSR count). The fraction of sp³-hybridized carbons (Fsp3) is 0.0556. The number of rotatable bonds is 4. The summed E-state index contributed by atoms with van der Waals surface area (Å²) < 4.78 is 14.3. The van der Waals surface area contributed by atoms with Gasteiger partial charge in [0.05, 0.1) is 15.9 Å². The third-order valence-corrected chi connectivity index (χ3v) is 4.57. The quantitative estimate of drug-likeness (QED) is 0.596. The van der Waals surface area contributed by atoms with E-state index in [2.05, 4.69) is 26.3 Å². The molecule has 6 heteroatoms. The summed E-state index contributed by atoms with van der Waals surface area (Å²) in [6, 6.07) is 14.5. The monoisotopic (exact) mass is 336 g/mol. The van der Waals surface area contributed by atoms with Crippen LogP contribution < -0.4 is 5.32 Å². The van der Waals surface area contributed by atoms with Crippen LogP contribution in [0.25, 0.3) is 21.5 Å². The highest BCUT2D eigenvalue weighted by molar-refractivity contribution is 7.22. The van der Waals surface area contributed by atoms with Gasteiger partial charge in [0.15, 0.2) is 5.13 Å². The molecule has 0 aliphatic rings. The van der Waals surface area contributed by atoms with E-state index < -0.39 is 0 Å². The van der Waals surface area contributed by atoms with Gasteiger partial charge in [0.2, 0.25) is 0 Å². The third-order valence-electron chi connectivity index (χ3n) is 3.60. The molecule has 0 unspecified atom stereocenters. The fourth-order valence-corrected chi connectivity index (χ4v) is 3.35. The van der Waals surface area contributed by atoms with E-state index in [4.69, 9.17) is 0 Å². The van der Waals surface area contributed by atoms with Gasteiger partial charge in [-0.25, -0.2) is 19.3 Å². The predicted octanol–water partition coefficient (Wildman–Crippen LogP) is 4.50. The van der Waals surface area contributed by atoms with Gasteiger partial charge in [-0.05, 0) is 35.9 Å². The lowest BCUT2D eigenvalue weighted by atomic mass is 10.1. The highest BCUT2D eigenvalue weighted by atomic mass is 32.1. The molecule has 0 fully saturated rings. The molecule has 0 atom stereocenters. The Kier molecular flexibility index (Phi) is 3.88. The largest absolute Gasteiger partial charge is 0.357 e. The molecule has 0 amide bonds. The van der Waals surface area contributed by atoms with Gasteiger partial charge in [-0.3, -0.25) is 0 Å². The SMILES string of the molecule is Fc1cccc(CNc2nc3ccc(-c4ccncn4)cc3s2)c1. The Morgan fingerprint density at radius 2 is 2.04 bits per heavy atom. The van der Waals surface area contributed by atoms with E-state index in [0.717, 1.165) is 32.2 Å². The lowest BCUT2D eigenvalue weighted by molar-refractivity contribution is 0.626. The minimum atomic E-state index is -0.229. The van der Waals surface area contributed by atoms with E-state index in [1.165, 1.54) is 18.5 Å². The van der Waals surface area contributed by atoms with E-state index in [-0.39, 0.29) is 5.82 Å². The second-order valence-electron chi connectivity index (χ2n) is 5.28. The summed E-state index contributed by atoms with van der Waals surface area (Å²) >= 11 is 1.57. The Labute approximate surface area is 142 Å². The summed E-state index contributed by atoms with van der Waals surface area (Å²) in [6.07, 6.45) is 3.27. The van der Waals surface area contributed by atoms with Crippen molar-refractivity contribution in [2.75, 3.05) is 5.32 Å². The molecular weight excluding hydrogens is 323 g/mol. The molecule has 118 valence electrons. The highest BCUT2D eigenvalue weighted by Crippen LogP contribution is 2.30. The van der Waals surface area contributed by atoms with Crippen molar-refractivity contribution < 1.29 is 4.39 Å². The average Bonchev–Trinajstić information content (AvgIpc) is 3.03. The number of hydrogen-bond donors (Lipinski definition) is 1. The Hall–Kier alpha value is -2.86. The number of hydrogen-bond acceptors (Lipinski definition) is 5. The topological polar surface area (TPSA) is 50.7 Å². The smallest absolute Gasteiger partial charge is 0.184 e. The lowest BCUT2D eigenvalue weighted by Crippen LogP contribution is -1.98. The van der Waals surface area contributed by atoms with Crippen LogP contribution in [-0.2, 0) is 6.54 Å². The van der Waals surface area contributed by atoms with Gasteiger partial charge in [0.25, 0.3) is 0 Å². The van der Waals surface area contributed by atoms with Crippen LogP contribution in [0.4, 0.5) is 9.52 Å². The van der Waals surface area contributed by atoms with Crippen molar-refractivity contribution in [3.63, 3.8) is 0 Å². The zero-order valence-corrected chi connectivity index (χ0v) is 13.4. The van der Waals surface area contributed by atoms with Crippen molar-refractivity contribution in [2.45, 2.75) is 6.54 Å². The molecule has 24 heavy (non-hydrogen) atoms. The Morgan fingerprint density at radius 3 is 2.88 bits per heavy atom. The van der Waals surface area contributed by atoms with Crippen LogP contribution in [0, 0.1) is 5.82 Å². The zero-order valence-electron chi connectivity index (χ0n) is 12.6. The molecule has 0 saturated carbocycles. The Bertz CT molecular complexity index is 985. The van der Waals surface area contributed by atoms with Crippen LogP contribution in [0.5, 0.6) is 0 Å². The van der Waals surface area contributed by atoms with Gasteiger partial charge >= 0.3 is 0 Å². The second-order valence-corrected chi connectivity index (χ2v) is 6.31. The maximum absolute atomic E-state index is 13.2. The molecule has 4 aromatic rings. The van der Waals surface area contributed by atoms with Gasteiger partial charge in [-0.15, -0.1) is 0 Å². The van der Waals surface area contributed by atoms with Crippen LogP contribution in [0.15, 0.2) is 61.1 Å². The summed E-state index contributed by atoms with van der Waals surface area (Å²) in [7, 11) is 0. The molecule has 0 spiro atoms. The molecule has 4 nitrogen and oxygen atoms in total. The molecule has 1 N–H and O–H groups in total. The number of aromatic nitrogens is 3. The number of benzene rings is 2. The van der Waals surface area contributed by atoms with Gasteiger partial charge in [-0.1, -0.05) is 29.5 Å².